The second-order valence-electron chi connectivity index (χ2n) is 4.85. The Labute approximate surface area is 137 Å². The summed E-state index contributed by atoms with van der Waals surface area (Å²) in [7, 11) is 1.76. The second-order valence-corrected chi connectivity index (χ2v) is 6.65. The van der Waals surface area contributed by atoms with Crippen molar-refractivity contribution in [2.24, 2.45) is 0 Å². The quantitative estimate of drug-likeness (QED) is 0.798. The molecule has 0 radical (unpaired) electrons. The molecular formula is C16H14ClNO3S. The highest BCUT2D eigenvalue weighted by atomic mass is 35.5. The van der Waals surface area contributed by atoms with Gasteiger partial charge in [0.05, 0.1) is 10.9 Å². The smallest absolute Gasteiger partial charge is 0.246 e. The van der Waals surface area contributed by atoms with Gasteiger partial charge in [0.2, 0.25) is 12.7 Å². The van der Waals surface area contributed by atoms with Crippen LogP contribution in [0.1, 0.15) is 10.4 Å². The van der Waals surface area contributed by atoms with Gasteiger partial charge in [-0.05, 0) is 35.9 Å². The molecule has 0 aliphatic carbocycles. The summed E-state index contributed by atoms with van der Waals surface area (Å²) in [5.74, 6) is 1.37. The van der Waals surface area contributed by atoms with E-state index in [0.717, 1.165) is 20.5 Å². The molecule has 1 aromatic heterocycles. The Morgan fingerprint density at radius 1 is 1.32 bits per heavy atom. The second kappa shape index (κ2) is 6.42. The number of halogens is 1. The molecule has 0 saturated heterocycles. The van der Waals surface area contributed by atoms with E-state index < -0.39 is 0 Å². The molecule has 0 atom stereocenters. The molecule has 1 aliphatic rings. The molecule has 1 amide bonds. The largest absolute Gasteiger partial charge is 0.454 e. The van der Waals surface area contributed by atoms with E-state index in [-0.39, 0.29) is 12.7 Å². The first-order valence-corrected chi connectivity index (χ1v) is 7.88. The maximum atomic E-state index is 12.1. The van der Waals surface area contributed by atoms with Crippen LogP contribution in [0.4, 0.5) is 0 Å². The lowest BCUT2D eigenvalue weighted by molar-refractivity contribution is -0.125. The Kier molecular flexibility index (Phi) is 4.36. The average Bonchev–Trinajstić information content (AvgIpc) is 3.12. The Morgan fingerprint density at radius 2 is 2.14 bits per heavy atom. The maximum Gasteiger partial charge on any atom is 0.246 e. The van der Waals surface area contributed by atoms with Crippen LogP contribution in [0.3, 0.4) is 0 Å². The van der Waals surface area contributed by atoms with Crippen molar-refractivity contribution in [2.45, 2.75) is 6.54 Å². The minimum absolute atomic E-state index is 0.0674. The van der Waals surface area contributed by atoms with Crippen molar-refractivity contribution in [3.8, 4) is 11.5 Å². The average molecular weight is 336 g/mol. The summed E-state index contributed by atoms with van der Waals surface area (Å²) in [5, 5.41) is 0. The van der Waals surface area contributed by atoms with E-state index in [2.05, 4.69) is 0 Å². The standard InChI is InChI=1S/C16H14ClNO3S/c1-18(9-12-4-6-15(17)22-12)16(19)7-3-11-2-5-13-14(8-11)21-10-20-13/h2-8H,9-10H2,1H3/b7-3+. The van der Waals surface area contributed by atoms with E-state index in [4.69, 9.17) is 21.1 Å². The molecular weight excluding hydrogens is 322 g/mol. The minimum atomic E-state index is -0.0674. The van der Waals surface area contributed by atoms with E-state index in [0.29, 0.717) is 12.3 Å². The fraction of sp³-hybridized carbons (Fsp3) is 0.188. The number of hydrogen-bond acceptors (Lipinski definition) is 4. The van der Waals surface area contributed by atoms with Crippen LogP contribution in [-0.2, 0) is 11.3 Å². The van der Waals surface area contributed by atoms with Crippen molar-refractivity contribution in [1.29, 1.82) is 0 Å². The third-order valence-electron chi connectivity index (χ3n) is 3.21. The lowest BCUT2D eigenvalue weighted by Gasteiger charge is -2.13. The summed E-state index contributed by atoms with van der Waals surface area (Å²) in [5.41, 5.74) is 0.894. The number of benzene rings is 1. The van der Waals surface area contributed by atoms with Crippen molar-refractivity contribution in [1.82, 2.24) is 4.90 Å². The number of likely N-dealkylation sites (N-methyl/N-ethyl adjacent to an activating group) is 1. The minimum Gasteiger partial charge on any atom is -0.454 e. The van der Waals surface area contributed by atoms with Crippen LogP contribution in [-0.4, -0.2) is 24.6 Å². The van der Waals surface area contributed by atoms with Crippen molar-refractivity contribution in [3.05, 3.63) is 51.2 Å². The van der Waals surface area contributed by atoms with Gasteiger partial charge in [-0.2, -0.15) is 0 Å². The van der Waals surface area contributed by atoms with Crippen LogP contribution in [0, 0.1) is 0 Å². The van der Waals surface area contributed by atoms with Crippen molar-refractivity contribution >= 4 is 34.9 Å². The van der Waals surface area contributed by atoms with Gasteiger partial charge in [0.15, 0.2) is 11.5 Å². The van der Waals surface area contributed by atoms with Gasteiger partial charge in [-0.15, -0.1) is 11.3 Å². The third-order valence-corrected chi connectivity index (χ3v) is 4.43. The monoisotopic (exact) mass is 335 g/mol. The zero-order chi connectivity index (χ0) is 15.5. The Morgan fingerprint density at radius 3 is 2.91 bits per heavy atom. The van der Waals surface area contributed by atoms with Crippen LogP contribution >= 0.6 is 22.9 Å². The van der Waals surface area contributed by atoms with Crippen molar-refractivity contribution in [3.63, 3.8) is 0 Å². The normalized spacial score (nSPS) is 12.8. The number of amides is 1. The van der Waals surface area contributed by atoms with E-state index in [1.165, 1.54) is 11.3 Å². The molecule has 2 heterocycles. The Hall–Kier alpha value is -1.98. The molecule has 3 rings (SSSR count). The van der Waals surface area contributed by atoms with E-state index in [1.54, 1.807) is 24.1 Å². The van der Waals surface area contributed by atoms with Crippen LogP contribution < -0.4 is 9.47 Å². The molecule has 0 N–H and O–H groups in total. The zero-order valence-electron chi connectivity index (χ0n) is 11.9. The molecule has 0 fully saturated rings. The number of rotatable bonds is 4. The number of carbonyl (C=O) groups is 1. The first-order valence-electron chi connectivity index (χ1n) is 6.69. The highest BCUT2D eigenvalue weighted by Gasteiger charge is 2.12. The molecule has 114 valence electrons. The van der Waals surface area contributed by atoms with Gasteiger partial charge in [-0.25, -0.2) is 0 Å². The van der Waals surface area contributed by atoms with Crippen LogP contribution in [0.15, 0.2) is 36.4 Å². The van der Waals surface area contributed by atoms with Gasteiger partial charge >= 0.3 is 0 Å². The molecule has 0 saturated carbocycles. The number of carbonyl (C=O) groups excluding carboxylic acids is 1. The number of nitrogens with zero attached hydrogens (tertiary/aromatic N) is 1. The first-order chi connectivity index (χ1) is 10.6. The SMILES string of the molecule is CN(Cc1ccc(Cl)s1)C(=O)/C=C/c1ccc2c(c1)OCO2. The zero-order valence-corrected chi connectivity index (χ0v) is 13.5. The van der Waals surface area contributed by atoms with Crippen molar-refractivity contribution < 1.29 is 14.3 Å². The number of ether oxygens (including phenoxy) is 2. The molecule has 0 spiro atoms. The van der Waals surface area contributed by atoms with Gasteiger partial charge in [0.25, 0.3) is 0 Å². The Bertz CT molecular complexity index is 726. The molecule has 1 aliphatic heterocycles. The molecule has 6 heteroatoms. The van der Waals surface area contributed by atoms with Gasteiger partial charge < -0.3 is 14.4 Å². The van der Waals surface area contributed by atoms with Gasteiger partial charge in [-0.3, -0.25) is 4.79 Å². The molecule has 4 nitrogen and oxygen atoms in total. The first kappa shape index (κ1) is 14.9. The molecule has 0 unspecified atom stereocenters. The predicted octanol–water partition coefficient (Wildman–Crippen LogP) is 3.80. The molecule has 2 aromatic rings. The summed E-state index contributed by atoms with van der Waals surface area (Å²) < 4.78 is 11.3. The summed E-state index contributed by atoms with van der Waals surface area (Å²) >= 11 is 7.37. The van der Waals surface area contributed by atoms with Crippen molar-refractivity contribution in [2.75, 3.05) is 13.8 Å². The number of fused-ring (bicyclic) bond motifs is 1. The lowest BCUT2D eigenvalue weighted by Crippen LogP contribution is -2.23. The highest BCUT2D eigenvalue weighted by molar-refractivity contribution is 7.16. The summed E-state index contributed by atoms with van der Waals surface area (Å²) in [6, 6.07) is 9.34. The van der Waals surface area contributed by atoms with Crippen LogP contribution in [0.5, 0.6) is 11.5 Å². The fourth-order valence-electron chi connectivity index (χ4n) is 2.06. The number of thiophene rings is 1. The van der Waals surface area contributed by atoms with Crippen LogP contribution in [0.25, 0.3) is 6.08 Å². The van der Waals surface area contributed by atoms with Gasteiger partial charge in [-0.1, -0.05) is 17.7 Å². The fourth-order valence-corrected chi connectivity index (χ4v) is 3.20. The van der Waals surface area contributed by atoms with Gasteiger partial charge in [0.1, 0.15) is 0 Å². The molecule has 1 aromatic carbocycles. The summed E-state index contributed by atoms with van der Waals surface area (Å²) in [4.78, 5) is 14.8. The third kappa shape index (κ3) is 3.43. The van der Waals surface area contributed by atoms with Crippen LogP contribution in [0.2, 0.25) is 4.34 Å². The molecule has 22 heavy (non-hydrogen) atoms. The molecule has 0 bridgehead atoms. The van der Waals surface area contributed by atoms with E-state index in [1.807, 2.05) is 30.3 Å². The van der Waals surface area contributed by atoms with Gasteiger partial charge in [0, 0.05) is 18.0 Å². The predicted molar refractivity (Wildman–Crippen MR) is 87.4 cm³/mol. The number of hydrogen-bond donors (Lipinski definition) is 0. The Balaban J connectivity index is 1.63. The lowest BCUT2D eigenvalue weighted by atomic mass is 10.2. The summed E-state index contributed by atoms with van der Waals surface area (Å²) in [6.07, 6.45) is 3.31. The van der Waals surface area contributed by atoms with E-state index >= 15 is 0 Å². The van der Waals surface area contributed by atoms with E-state index in [9.17, 15) is 4.79 Å². The maximum absolute atomic E-state index is 12.1. The topological polar surface area (TPSA) is 38.8 Å². The highest BCUT2D eigenvalue weighted by Crippen LogP contribution is 2.32. The summed E-state index contributed by atoms with van der Waals surface area (Å²) in [6.45, 7) is 0.787.